The van der Waals surface area contributed by atoms with Gasteiger partial charge >= 0.3 is 0 Å². The van der Waals surface area contributed by atoms with Crippen LogP contribution in [-0.2, 0) is 4.79 Å². The Balaban J connectivity index is 2.19. The van der Waals surface area contributed by atoms with E-state index >= 15 is 0 Å². The van der Waals surface area contributed by atoms with E-state index in [1.807, 2.05) is 12.1 Å². The third kappa shape index (κ3) is 5.15. The maximum absolute atomic E-state index is 11.4. The molecule has 0 aromatic carbocycles. The van der Waals surface area contributed by atoms with Gasteiger partial charge in [0.1, 0.15) is 5.82 Å². The lowest BCUT2D eigenvalue weighted by molar-refractivity contribution is -0.116. The van der Waals surface area contributed by atoms with Crippen molar-refractivity contribution < 1.29 is 4.79 Å². The smallest absolute Gasteiger partial charge is 0.225 e. The lowest BCUT2D eigenvalue weighted by atomic mass is 10.1. The normalized spacial score (nSPS) is 9.93. The van der Waals surface area contributed by atoms with E-state index in [1.54, 1.807) is 12.3 Å². The molecule has 0 fully saturated rings. The summed E-state index contributed by atoms with van der Waals surface area (Å²) in [6, 6.07) is 5.49. The highest BCUT2D eigenvalue weighted by molar-refractivity contribution is 5.89. The molecule has 1 aromatic rings. The minimum absolute atomic E-state index is 0.0600. The number of hydrogen-bond donors (Lipinski definition) is 1. The van der Waals surface area contributed by atoms with Crippen molar-refractivity contribution in [3.05, 3.63) is 24.4 Å². The number of rotatable bonds is 6. The molecule has 1 heterocycles. The Kier molecular flexibility index (Phi) is 5.44. The predicted octanol–water partition coefficient (Wildman–Crippen LogP) is 2.99. The Bertz CT molecular complexity index is 285. The monoisotopic (exact) mass is 206 g/mol. The van der Waals surface area contributed by atoms with Crippen LogP contribution in [0.15, 0.2) is 24.4 Å². The van der Waals surface area contributed by atoms with Crippen molar-refractivity contribution in [2.75, 3.05) is 5.32 Å². The molecule has 82 valence electrons. The summed E-state index contributed by atoms with van der Waals surface area (Å²) < 4.78 is 0. The number of aromatic nitrogens is 1. The fourth-order valence-corrected chi connectivity index (χ4v) is 1.35. The molecule has 3 heteroatoms. The molecule has 0 aliphatic heterocycles. The molecule has 0 aliphatic rings. The molecule has 0 spiro atoms. The second kappa shape index (κ2) is 6.98. The molecule has 3 nitrogen and oxygen atoms in total. The molecule has 0 bridgehead atoms. The Morgan fingerprint density at radius 2 is 2.20 bits per heavy atom. The molecule has 0 saturated carbocycles. The fourth-order valence-electron chi connectivity index (χ4n) is 1.35. The van der Waals surface area contributed by atoms with Gasteiger partial charge in [-0.25, -0.2) is 4.98 Å². The van der Waals surface area contributed by atoms with Crippen LogP contribution in [0.25, 0.3) is 0 Å². The molecule has 1 N–H and O–H groups in total. The summed E-state index contributed by atoms with van der Waals surface area (Å²) in [7, 11) is 0. The number of anilines is 1. The van der Waals surface area contributed by atoms with Gasteiger partial charge in [-0.3, -0.25) is 4.79 Å². The van der Waals surface area contributed by atoms with Crippen LogP contribution in [0.5, 0.6) is 0 Å². The zero-order valence-electron chi connectivity index (χ0n) is 9.20. The lowest BCUT2D eigenvalue weighted by Gasteiger charge is -2.03. The number of carbonyl (C=O) groups excluding carboxylic acids is 1. The Labute approximate surface area is 90.9 Å². The van der Waals surface area contributed by atoms with Crippen molar-refractivity contribution in [3.8, 4) is 0 Å². The largest absolute Gasteiger partial charge is 0.311 e. The van der Waals surface area contributed by atoms with Crippen molar-refractivity contribution in [1.29, 1.82) is 0 Å². The third-order valence-corrected chi connectivity index (χ3v) is 2.19. The summed E-state index contributed by atoms with van der Waals surface area (Å²) >= 11 is 0. The molecule has 0 radical (unpaired) electrons. The molecular weight excluding hydrogens is 188 g/mol. The van der Waals surface area contributed by atoms with Gasteiger partial charge in [0.2, 0.25) is 5.91 Å². The average molecular weight is 206 g/mol. The Morgan fingerprint density at radius 3 is 2.87 bits per heavy atom. The number of carbonyl (C=O) groups is 1. The standard InChI is InChI=1S/C12H18N2O/c1-2-3-4-5-9-12(15)14-11-8-6-7-10-13-11/h6-8,10H,2-5,9H2,1H3,(H,13,14,15). The first-order valence-corrected chi connectivity index (χ1v) is 5.54. The SMILES string of the molecule is CCCCCCC(=O)Nc1ccccn1. The molecule has 0 aliphatic carbocycles. The summed E-state index contributed by atoms with van der Waals surface area (Å²) in [6.07, 6.45) is 6.76. The van der Waals surface area contributed by atoms with Crippen molar-refractivity contribution in [1.82, 2.24) is 4.98 Å². The minimum atomic E-state index is 0.0600. The van der Waals surface area contributed by atoms with E-state index in [-0.39, 0.29) is 5.91 Å². The van der Waals surface area contributed by atoms with Gasteiger partial charge in [0.15, 0.2) is 0 Å². The van der Waals surface area contributed by atoms with Gasteiger partial charge in [0.25, 0.3) is 0 Å². The summed E-state index contributed by atoms with van der Waals surface area (Å²) in [4.78, 5) is 15.5. The summed E-state index contributed by atoms with van der Waals surface area (Å²) in [5, 5.41) is 2.77. The van der Waals surface area contributed by atoms with Gasteiger partial charge in [-0.05, 0) is 18.6 Å². The molecule has 1 amide bonds. The number of unbranched alkanes of at least 4 members (excludes halogenated alkanes) is 3. The summed E-state index contributed by atoms with van der Waals surface area (Å²) in [6.45, 7) is 2.16. The van der Waals surface area contributed by atoms with Crippen molar-refractivity contribution >= 4 is 11.7 Å². The number of nitrogens with one attached hydrogen (secondary N) is 1. The molecule has 15 heavy (non-hydrogen) atoms. The van der Waals surface area contributed by atoms with Gasteiger partial charge in [-0.1, -0.05) is 32.3 Å². The van der Waals surface area contributed by atoms with E-state index in [1.165, 1.54) is 12.8 Å². The first kappa shape index (κ1) is 11.7. The van der Waals surface area contributed by atoms with Crippen LogP contribution < -0.4 is 5.32 Å². The van der Waals surface area contributed by atoms with E-state index in [4.69, 9.17) is 0 Å². The molecule has 1 rings (SSSR count). The molecule has 0 atom stereocenters. The van der Waals surface area contributed by atoms with Crippen molar-refractivity contribution in [2.45, 2.75) is 39.0 Å². The van der Waals surface area contributed by atoms with Gasteiger partial charge in [-0.15, -0.1) is 0 Å². The second-order valence-corrected chi connectivity index (χ2v) is 3.57. The number of amides is 1. The number of nitrogens with zero attached hydrogens (tertiary/aromatic N) is 1. The van der Waals surface area contributed by atoms with Crippen LogP contribution in [0, 0.1) is 0 Å². The predicted molar refractivity (Wildman–Crippen MR) is 61.6 cm³/mol. The quantitative estimate of drug-likeness (QED) is 0.727. The van der Waals surface area contributed by atoms with Crippen LogP contribution in [0.1, 0.15) is 39.0 Å². The van der Waals surface area contributed by atoms with Gasteiger partial charge in [0.05, 0.1) is 0 Å². The van der Waals surface area contributed by atoms with Crippen LogP contribution in [0.2, 0.25) is 0 Å². The maximum atomic E-state index is 11.4. The van der Waals surface area contributed by atoms with E-state index in [2.05, 4.69) is 17.2 Å². The minimum Gasteiger partial charge on any atom is -0.311 e. The summed E-state index contributed by atoms with van der Waals surface area (Å²) in [5.41, 5.74) is 0. The maximum Gasteiger partial charge on any atom is 0.225 e. The van der Waals surface area contributed by atoms with Crippen molar-refractivity contribution in [2.24, 2.45) is 0 Å². The topological polar surface area (TPSA) is 42.0 Å². The fraction of sp³-hybridized carbons (Fsp3) is 0.500. The van der Waals surface area contributed by atoms with E-state index in [9.17, 15) is 4.79 Å². The Hall–Kier alpha value is -1.38. The first-order chi connectivity index (χ1) is 7.33. The van der Waals surface area contributed by atoms with Gasteiger partial charge in [0, 0.05) is 12.6 Å². The zero-order chi connectivity index (χ0) is 10.9. The molecule has 0 saturated heterocycles. The van der Waals surface area contributed by atoms with Crippen LogP contribution in [-0.4, -0.2) is 10.9 Å². The third-order valence-electron chi connectivity index (χ3n) is 2.19. The highest BCUT2D eigenvalue weighted by atomic mass is 16.1. The average Bonchev–Trinajstić information content (AvgIpc) is 2.26. The highest BCUT2D eigenvalue weighted by Crippen LogP contribution is 2.05. The van der Waals surface area contributed by atoms with E-state index < -0.39 is 0 Å². The van der Waals surface area contributed by atoms with E-state index in [0.29, 0.717) is 12.2 Å². The van der Waals surface area contributed by atoms with Crippen molar-refractivity contribution in [3.63, 3.8) is 0 Å². The Morgan fingerprint density at radius 1 is 1.33 bits per heavy atom. The van der Waals surface area contributed by atoms with Crippen LogP contribution >= 0.6 is 0 Å². The number of pyridine rings is 1. The molecular formula is C12H18N2O. The molecule has 0 unspecified atom stereocenters. The highest BCUT2D eigenvalue weighted by Gasteiger charge is 2.01. The molecule has 1 aromatic heterocycles. The summed E-state index contributed by atoms with van der Waals surface area (Å²) in [5.74, 6) is 0.697. The van der Waals surface area contributed by atoms with Crippen LogP contribution in [0.3, 0.4) is 0 Å². The van der Waals surface area contributed by atoms with Crippen LogP contribution in [0.4, 0.5) is 5.82 Å². The lowest BCUT2D eigenvalue weighted by Crippen LogP contribution is -2.11. The number of hydrogen-bond acceptors (Lipinski definition) is 2. The van der Waals surface area contributed by atoms with E-state index in [0.717, 1.165) is 12.8 Å². The zero-order valence-corrected chi connectivity index (χ0v) is 9.20. The van der Waals surface area contributed by atoms with Gasteiger partial charge < -0.3 is 5.32 Å². The van der Waals surface area contributed by atoms with Gasteiger partial charge in [-0.2, -0.15) is 0 Å². The second-order valence-electron chi connectivity index (χ2n) is 3.57. The first-order valence-electron chi connectivity index (χ1n) is 5.54.